The van der Waals surface area contributed by atoms with E-state index in [4.69, 9.17) is 4.74 Å². The summed E-state index contributed by atoms with van der Waals surface area (Å²) in [5, 5.41) is 1.62. The molecule has 0 unspecified atom stereocenters. The van der Waals surface area contributed by atoms with Crippen LogP contribution in [0.25, 0.3) is 0 Å². The fourth-order valence-electron chi connectivity index (χ4n) is 2.94. The Bertz CT molecular complexity index is 871. The van der Waals surface area contributed by atoms with Crippen molar-refractivity contribution in [3.05, 3.63) is 46.8 Å². The number of rotatable bonds is 6. The molecule has 1 fully saturated rings. The van der Waals surface area contributed by atoms with Gasteiger partial charge in [0.05, 0.1) is 12.7 Å². The molecule has 6 nitrogen and oxygen atoms in total. The van der Waals surface area contributed by atoms with Crippen LogP contribution in [0.5, 0.6) is 5.75 Å². The minimum Gasteiger partial charge on any atom is -0.496 e. The minimum absolute atomic E-state index is 0.0906. The van der Waals surface area contributed by atoms with E-state index in [0.29, 0.717) is 11.3 Å². The van der Waals surface area contributed by atoms with Gasteiger partial charge in [-0.15, -0.1) is 11.3 Å². The van der Waals surface area contributed by atoms with Crippen molar-refractivity contribution >= 4 is 27.3 Å². The van der Waals surface area contributed by atoms with Gasteiger partial charge in [0.25, 0.3) is 5.91 Å². The zero-order valence-corrected chi connectivity index (χ0v) is 16.2. The number of nitrogens with one attached hydrogen (secondary N) is 1. The number of ether oxygens (including phenoxy) is 1. The monoisotopic (exact) mass is 394 g/mol. The number of para-hydroxylation sites is 1. The topological polar surface area (TPSA) is 75.7 Å². The first kappa shape index (κ1) is 18.9. The number of carbonyl (C=O) groups is 1. The van der Waals surface area contributed by atoms with Gasteiger partial charge in [-0.3, -0.25) is 4.79 Å². The Hall–Kier alpha value is -1.90. The summed E-state index contributed by atoms with van der Waals surface area (Å²) in [4.78, 5) is 14.3. The third-order valence-electron chi connectivity index (χ3n) is 4.38. The molecule has 140 valence electrons. The van der Waals surface area contributed by atoms with Crippen LogP contribution in [0.2, 0.25) is 0 Å². The van der Waals surface area contributed by atoms with Gasteiger partial charge in [-0.1, -0.05) is 18.2 Å². The first-order chi connectivity index (χ1) is 12.5. The number of nitrogens with zero attached hydrogens (tertiary/aromatic N) is 1. The number of piperidine rings is 1. The lowest BCUT2D eigenvalue weighted by atomic mass is 10.1. The number of likely N-dealkylation sites (tertiary alicyclic amines) is 1. The van der Waals surface area contributed by atoms with Crippen LogP contribution in [-0.4, -0.2) is 39.4 Å². The first-order valence-corrected chi connectivity index (χ1v) is 10.9. The van der Waals surface area contributed by atoms with Crippen molar-refractivity contribution < 1.29 is 17.9 Å². The van der Waals surface area contributed by atoms with Crippen LogP contribution in [0.15, 0.2) is 39.9 Å². The Labute approximate surface area is 157 Å². The molecule has 0 bridgehead atoms. The molecule has 0 spiro atoms. The van der Waals surface area contributed by atoms with E-state index in [1.54, 1.807) is 29.5 Å². The molecule has 2 aromatic rings. The van der Waals surface area contributed by atoms with Gasteiger partial charge in [-0.25, -0.2) is 13.1 Å². The maximum atomic E-state index is 12.6. The van der Waals surface area contributed by atoms with Crippen molar-refractivity contribution in [3.63, 3.8) is 0 Å². The van der Waals surface area contributed by atoms with Gasteiger partial charge < -0.3 is 9.64 Å². The molecule has 1 aliphatic rings. The average molecular weight is 395 g/mol. The summed E-state index contributed by atoms with van der Waals surface area (Å²) < 4.78 is 33.1. The summed E-state index contributed by atoms with van der Waals surface area (Å²) in [6.07, 6.45) is 3.14. The van der Waals surface area contributed by atoms with Gasteiger partial charge >= 0.3 is 0 Å². The van der Waals surface area contributed by atoms with Crippen LogP contribution in [0, 0.1) is 0 Å². The zero-order valence-electron chi connectivity index (χ0n) is 14.6. The third-order valence-corrected chi connectivity index (χ3v) is 7.22. The number of benzene rings is 1. The van der Waals surface area contributed by atoms with Crippen LogP contribution in [0.3, 0.4) is 0 Å². The number of hydrogen-bond acceptors (Lipinski definition) is 5. The highest BCUT2D eigenvalue weighted by atomic mass is 32.2. The second-order valence-corrected chi connectivity index (χ2v) is 9.05. The summed E-state index contributed by atoms with van der Waals surface area (Å²) in [6, 6.07) is 8.71. The molecule has 0 saturated carbocycles. The first-order valence-electron chi connectivity index (χ1n) is 8.50. The molecule has 0 atom stereocenters. The number of sulfonamides is 1. The molecule has 1 amide bonds. The quantitative estimate of drug-likeness (QED) is 0.817. The van der Waals surface area contributed by atoms with Gasteiger partial charge in [0, 0.05) is 30.6 Å². The zero-order chi connectivity index (χ0) is 18.6. The Morgan fingerprint density at radius 2 is 1.96 bits per heavy atom. The highest BCUT2D eigenvalue weighted by Crippen LogP contribution is 2.24. The molecular weight excluding hydrogens is 372 g/mol. The number of carbonyl (C=O) groups excluding carboxylic acids is 1. The fourth-order valence-corrected chi connectivity index (χ4v) is 5.15. The van der Waals surface area contributed by atoms with Crippen LogP contribution in [-0.2, 0) is 16.6 Å². The highest BCUT2D eigenvalue weighted by Gasteiger charge is 2.23. The molecule has 1 N–H and O–H groups in total. The second kappa shape index (κ2) is 8.20. The van der Waals surface area contributed by atoms with E-state index in [-0.39, 0.29) is 16.7 Å². The lowest BCUT2D eigenvalue weighted by molar-refractivity contribution is 0.0725. The fraction of sp³-hybridized carbons (Fsp3) is 0.389. The molecule has 1 aromatic carbocycles. The van der Waals surface area contributed by atoms with Crippen LogP contribution in [0.4, 0.5) is 0 Å². The lowest BCUT2D eigenvalue weighted by Gasteiger charge is -2.26. The Morgan fingerprint density at radius 1 is 1.23 bits per heavy atom. The second-order valence-electron chi connectivity index (χ2n) is 6.14. The summed E-state index contributed by atoms with van der Waals surface area (Å²) >= 11 is 1.06. The summed E-state index contributed by atoms with van der Waals surface area (Å²) in [5.74, 6) is 0.537. The number of thiophene rings is 1. The summed E-state index contributed by atoms with van der Waals surface area (Å²) in [5.41, 5.74) is 1.19. The molecular formula is C18H22N2O4S2. The van der Waals surface area contributed by atoms with Gasteiger partial charge in [-0.05, 0) is 31.4 Å². The van der Waals surface area contributed by atoms with Crippen molar-refractivity contribution in [1.29, 1.82) is 0 Å². The van der Waals surface area contributed by atoms with E-state index < -0.39 is 10.0 Å². The van der Waals surface area contributed by atoms with Gasteiger partial charge in [0.2, 0.25) is 10.0 Å². The van der Waals surface area contributed by atoms with Crippen molar-refractivity contribution in [2.45, 2.75) is 30.0 Å². The van der Waals surface area contributed by atoms with Crippen LogP contribution >= 0.6 is 11.3 Å². The molecule has 26 heavy (non-hydrogen) atoms. The van der Waals surface area contributed by atoms with E-state index in [9.17, 15) is 13.2 Å². The van der Waals surface area contributed by atoms with Crippen molar-refractivity contribution in [1.82, 2.24) is 9.62 Å². The molecule has 3 rings (SSSR count). The number of amides is 1. The number of hydrogen-bond donors (Lipinski definition) is 1. The molecule has 8 heteroatoms. The predicted octanol–water partition coefficient (Wildman–Crippen LogP) is 2.86. The van der Waals surface area contributed by atoms with Gasteiger partial charge in [0.1, 0.15) is 9.96 Å². The Kier molecular flexibility index (Phi) is 5.95. The Balaban J connectivity index is 1.70. The smallest absolute Gasteiger partial charge is 0.254 e. The summed E-state index contributed by atoms with van der Waals surface area (Å²) in [6.45, 7) is 1.60. The summed E-state index contributed by atoms with van der Waals surface area (Å²) in [7, 11) is -2.14. The Morgan fingerprint density at radius 3 is 2.69 bits per heavy atom. The van der Waals surface area contributed by atoms with E-state index in [1.807, 2.05) is 12.1 Å². The minimum atomic E-state index is -3.68. The van der Waals surface area contributed by atoms with Crippen molar-refractivity contribution in [2.24, 2.45) is 0 Å². The van der Waals surface area contributed by atoms with E-state index >= 15 is 0 Å². The van der Waals surface area contributed by atoms with Crippen LogP contribution < -0.4 is 9.46 Å². The standard InChI is InChI=1S/C18H22N2O4S2/c1-24-16-8-4-3-7-14(16)12-19-26(22,23)17-11-15(13-25-17)18(21)20-9-5-2-6-10-20/h3-4,7-8,11,13,19H,2,5-6,9-10,12H2,1H3. The van der Waals surface area contributed by atoms with E-state index in [1.165, 1.54) is 6.07 Å². The molecule has 1 aromatic heterocycles. The molecule has 2 heterocycles. The maximum absolute atomic E-state index is 12.6. The van der Waals surface area contributed by atoms with Crippen molar-refractivity contribution in [2.75, 3.05) is 20.2 Å². The van der Waals surface area contributed by atoms with E-state index in [0.717, 1.165) is 49.3 Å². The third kappa shape index (κ3) is 4.25. The molecule has 1 aliphatic heterocycles. The highest BCUT2D eigenvalue weighted by molar-refractivity contribution is 7.91. The maximum Gasteiger partial charge on any atom is 0.254 e. The van der Waals surface area contributed by atoms with E-state index in [2.05, 4.69) is 4.72 Å². The molecule has 0 radical (unpaired) electrons. The molecule has 1 saturated heterocycles. The lowest BCUT2D eigenvalue weighted by Crippen LogP contribution is -2.35. The van der Waals surface area contributed by atoms with Crippen molar-refractivity contribution in [3.8, 4) is 5.75 Å². The SMILES string of the molecule is COc1ccccc1CNS(=O)(=O)c1cc(C(=O)N2CCCCC2)cs1. The average Bonchev–Trinajstić information content (AvgIpc) is 3.18. The largest absolute Gasteiger partial charge is 0.496 e. The predicted molar refractivity (Wildman–Crippen MR) is 101 cm³/mol. The van der Waals surface area contributed by atoms with Gasteiger partial charge in [0.15, 0.2) is 0 Å². The van der Waals surface area contributed by atoms with Gasteiger partial charge in [-0.2, -0.15) is 0 Å². The number of methoxy groups -OCH3 is 1. The molecule has 0 aliphatic carbocycles. The normalized spacial score (nSPS) is 15.0. The van der Waals surface area contributed by atoms with Crippen LogP contribution in [0.1, 0.15) is 35.2 Å².